The maximum atomic E-state index is 12.0. The average Bonchev–Trinajstić information content (AvgIpc) is 2.51. The number of carbonyl (C=O) groups is 2. The Kier molecular flexibility index (Phi) is 7.38. The fraction of sp³-hybridized carbons (Fsp3) is 0.429. The third-order valence-electron chi connectivity index (χ3n) is 2.94. The van der Waals surface area contributed by atoms with Gasteiger partial charge in [0.2, 0.25) is 5.91 Å². The monoisotopic (exact) mass is 326 g/mol. The summed E-state index contributed by atoms with van der Waals surface area (Å²) in [5.74, 6) is -0.0890. The predicted molar refractivity (Wildman–Crippen MR) is 83.7 cm³/mol. The molecule has 1 N–H and O–H groups in total. The van der Waals surface area contributed by atoms with Crippen molar-refractivity contribution in [2.75, 3.05) is 19.1 Å². The van der Waals surface area contributed by atoms with Crippen LogP contribution in [0.4, 0.5) is 5.69 Å². The molecule has 0 aliphatic carbocycles. The Morgan fingerprint density at radius 2 is 2.00 bits per heavy atom. The van der Waals surface area contributed by atoms with E-state index in [1.807, 2.05) is 6.26 Å². The Hall–Kier alpha value is -2.09. The lowest BCUT2D eigenvalue weighted by Crippen LogP contribution is -2.42. The Balaban J connectivity index is 2.62. The summed E-state index contributed by atoms with van der Waals surface area (Å²) in [4.78, 5) is 33.6. The molecule has 0 saturated carbocycles. The number of nitro groups is 1. The van der Waals surface area contributed by atoms with Crippen LogP contribution in [-0.4, -0.2) is 42.0 Å². The summed E-state index contributed by atoms with van der Waals surface area (Å²) in [6.07, 6.45) is 2.44. The molecule has 120 valence electrons. The van der Waals surface area contributed by atoms with Crippen LogP contribution in [0, 0.1) is 10.1 Å². The van der Waals surface area contributed by atoms with Crippen LogP contribution in [0.3, 0.4) is 0 Å². The number of non-ortho nitro benzene ring substituents is 1. The van der Waals surface area contributed by atoms with Crippen molar-refractivity contribution >= 4 is 29.3 Å². The quantitative estimate of drug-likeness (QED) is 0.442. The van der Waals surface area contributed by atoms with Crippen molar-refractivity contribution in [1.29, 1.82) is 0 Å². The highest BCUT2D eigenvalue weighted by atomic mass is 32.2. The summed E-state index contributed by atoms with van der Waals surface area (Å²) in [6, 6.07) is 5.05. The zero-order chi connectivity index (χ0) is 16.5. The maximum absolute atomic E-state index is 12.0. The van der Waals surface area contributed by atoms with Crippen LogP contribution in [0.15, 0.2) is 24.3 Å². The summed E-state index contributed by atoms with van der Waals surface area (Å²) in [5, 5.41) is 13.2. The van der Waals surface area contributed by atoms with Gasteiger partial charge in [0.15, 0.2) is 0 Å². The van der Waals surface area contributed by atoms with E-state index < -0.39 is 16.9 Å². The second-order valence-corrected chi connectivity index (χ2v) is 5.51. The normalized spacial score (nSPS) is 11.5. The Morgan fingerprint density at radius 3 is 2.50 bits per heavy atom. The Bertz CT molecular complexity index is 533. The topological polar surface area (TPSA) is 98.5 Å². The summed E-state index contributed by atoms with van der Waals surface area (Å²) in [5.41, 5.74) is 0.605. The number of rotatable bonds is 8. The average molecular weight is 326 g/mol. The molecule has 0 saturated heterocycles. The van der Waals surface area contributed by atoms with Crippen LogP contribution < -0.4 is 5.32 Å². The molecule has 0 unspecified atom stereocenters. The van der Waals surface area contributed by atoms with E-state index in [1.165, 1.54) is 31.4 Å². The van der Waals surface area contributed by atoms with Crippen LogP contribution in [0.25, 0.3) is 0 Å². The van der Waals surface area contributed by atoms with Gasteiger partial charge in [0.1, 0.15) is 6.04 Å². The highest BCUT2D eigenvalue weighted by Gasteiger charge is 2.21. The number of nitrogens with zero attached hydrogens (tertiary/aromatic N) is 1. The first-order valence-corrected chi connectivity index (χ1v) is 7.96. The molecule has 0 fully saturated rings. The number of hydrogen-bond donors (Lipinski definition) is 1. The van der Waals surface area contributed by atoms with Gasteiger partial charge >= 0.3 is 5.97 Å². The van der Waals surface area contributed by atoms with Crippen molar-refractivity contribution < 1.29 is 19.2 Å². The minimum absolute atomic E-state index is 0.0310. The predicted octanol–water partition coefficient (Wildman–Crippen LogP) is 1.55. The van der Waals surface area contributed by atoms with Gasteiger partial charge in [-0.05, 0) is 24.0 Å². The smallest absolute Gasteiger partial charge is 0.328 e. The van der Waals surface area contributed by atoms with E-state index in [-0.39, 0.29) is 18.0 Å². The largest absolute Gasteiger partial charge is 0.467 e. The van der Waals surface area contributed by atoms with Gasteiger partial charge < -0.3 is 10.1 Å². The van der Waals surface area contributed by atoms with Crippen molar-refractivity contribution in [1.82, 2.24) is 5.32 Å². The molecule has 1 amide bonds. The number of carbonyl (C=O) groups excluding carboxylic acids is 2. The molecule has 0 aliphatic rings. The van der Waals surface area contributed by atoms with E-state index in [2.05, 4.69) is 10.1 Å². The highest BCUT2D eigenvalue weighted by Crippen LogP contribution is 2.12. The first-order chi connectivity index (χ1) is 10.5. The standard InChI is InChI=1S/C14H18N2O5S/c1-21-14(18)12(7-8-22-2)15-13(17)9-10-3-5-11(6-4-10)16(19)20/h3-6,12H,7-9H2,1-2H3,(H,15,17)/t12-/m0/s1. The third-order valence-corrected chi connectivity index (χ3v) is 3.59. The molecule has 1 aromatic carbocycles. The van der Waals surface area contributed by atoms with Gasteiger partial charge in [0.05, 0.1) is 18.5 Å². The van der Waals surface area contributed by atoms with Gasteiger partial charge in [0.25, 0.3) is 5.69 Å². The number of hydrogen-bond acceptors (Lipinski definition) is 6. The molecule has 8 heteroatoms. The molecular formula is C14H18N2O5S. The fourth-order valence-electron chi connectivity index (χ4n) is 1.79. The van der Waals surface area contributed by atoms with Crippen LogP contribution in [0.5, 0.6) is 0 Å². The van der Waals surface area contributed by atoms with Gasteiger partial charge in [-0.15, -0.1) is 0 Å². The van der Waals surface area contributed by atoms with Crippen LogP contribution in [0.2, 0.25) is 0 Å². The number of esters is 1. The molecule has 22 heavy (non-hydrogen) atoms. The lowest BCUT2D eigenvalue weighted by atomic mass is 10.1. The van der Waals surface area contributed by atoms with Gasteiger partial charge in [-0.2, -0.15) is 11.8 Å². The van der Waals surface area contributed by atoms with Crippen LogP contribution >= 0.6 is 11.8 Å². The number of benzene rings is 1. The van der Waals surface area contributed by atoms with Gasteiger partial charge in [-0.3, -0.25) is 14.9 Å². The highest BCUT2D eigenvalue weighted by molar-refractivity contribution is 7.98. The minimum atomic E-state index is -0.678. The molecule has 1 rings (SSSR count). The molecule has 0 aromatic heterocycles. The number of methoxy groups -OCH3 is 1. The number of nitrogens with one attached hydrogen (secondary N) is 1. The molecular weight excluding hydrogens is 308 g/mol. The van der Waals surface area contributed by atoms with Crippen molar-refractivity contribution in [2.45, 2.75) is 18.9 Å². The summed E-state index contributed by atoms with van der Waals surface area (Å²) >= 11 is 1.57. The molecule has 1 aromatic rings. The van der Waals surface area contributed by atoms with E-state index in [0.717, 1.165) is 5.75 Å². The fourth-order valence-corrected chi connectivity index (χ4v) is 2.26. The summed E-state index contributed by atoms with van der Waals surface area (Å²) in [6.45, 7) is 0. The van der Waals surface area contributed by atoms with E-state index >= 15 is 0 Å². The Morgan fingerprint density at radius 1 is 1.36 bits per heavy atom. The van der Waals surface area contributed by atoms with Crippen molar-refractivity contribution in [3.05, 3.63) is 39.9 Å². The van der Waals surface area contributed by atoms with Crippen LogP contribution in [-0.2, 0) is 20.7 Å². The van der Waals surface area contributed by atoms with Crippen molar-refractivity contribution in [3.8, 4) is 0 Å². The zero-order valence-electron chi connectivity index (χ0n) is 12.4. The number of thioether (sulfide) groups is 1. The number of amides is 1. The number of ether oxygens (including phenoxy) is 1. The molecule has 0 heterocycles. The molecule has 0 radical (unpaired) electrons. The van der Waals surface area contributed by atoms with Crippen molar-refractivity contribution in [2.24, 2.45) is 0 Å². The zero-order valence-corrected chi connectivity index (χ0v) is 13.2. The second-order valence-electron chi connectivity index (χ2n) is 4.53. The number of nitro benzene ring substituents is 1. The van der Waals surface area contributed by atoms with Gasteiger partial charge in [0, 0.05) is 12.1 Å². The molecule has 0 spiro atoms. The molecule has 1 atom stereocenters. The van der Waals surface area contributed by atoms with E-state index in [1.54, 1.807) is 11.8 Å². The van der Waals surface area contributed by atoms with Gasteiger partial charge in [-0.1, -0.05) is 12.1 Å². The lowest BCUT2D eigenvalue weighted by molar-refractivity contribution is -0.384. The molecule has 0 bridgehead atoms. The second kappa shape index (κ2) is 9.04. The first kappa shape index (κ1) is 18.0. The van der Waals surface area contributed by atoms with Crippen LogP contribution in [0.1, 0.15) is 12.0 Å². The van der Waals surface area contributed by atoms with Gasteiger partial charge in [-0.25, -0.2) is 4.79 Å². The van der Waals surface area contributed by atoms with Crippen molar-refractivity contribution in [3.63, 3.8) is 0 Å². The summed E-state index contributed by atoms with van der Waals surface area (Å²) in [7, 11) is 1.27. The first-order valence-electron chi connectivity index (χ1n) is 6.57. The Labute approximate surface area is 132 Å². The third kappa shape index (κ3) is 5.72. The minimum Gasteiger partial charge on any atom is -0.467 e. The molecule has 7 nitrogen and oxygen atoms in total. The van der Waals surface area contributed by atoms with E-state index in [4.69, 9.17) is 0 Å². The molecule has 0 aliphatic heterocycles. The lowest BCUT2D eigenvalue weighted by Gasteiger charge is -2.16. The SMILES string of the molecule is COC(=O)[C@H](CCSC)NC(=O)Cc1ccc([N+](=O)[O-])cc1. The van der Waals surface area contributed by atoms with E-state index in [0.29, 0.717) is 12.0 Å². The maximum Gasteiger partial charge on any atom is 0.328 e. The summed E-state index contributed by atoms with van der Waals surface area (Å²) < 4.78 is 4.66. The van der Waals surface area contributed by atoms with E-state index in [9.17, 15) is 19.7 Å².